The lowest BCUT2D eigenvalue weighted by molar-refractivity contribution is 0.0763. The van der Waals surface area contributed by atoms with Gasteiger partial charge in [-0.2, -0.15) is 0 Å². The molecule has 2 rings (SSSR count). The van der Waals surface area contributed by atoms with Crippen LogP contribution in [0.5, 0.6) is 0 Å². The van der Waals surface area contributed by atoms with Crippen LogP contribution in [0, 0.1) is 0 Å². The molecule has 0 fully saturated rings. The van der Waals surface area contributed by atoms with Gasteiger partial charge in [0.1, 0.15) is 5.76 Å². The van der Waals surface area contributed by atoms with Gasteiger partial charge in [-0.1, -0.05) is 0 Å². The molecule has 0 aliphatic heterocycles. The number of amides is 1. The summed E-state index contributed by atoms with van der Waals surface area (Å²) < 4.78 is 5.45. The van der Waals surface area contributed by atoms with E-state index in [1.54, 1.807) is 36.5 Å². The fraction of sp³-hybridized carbons (Fsp3) is 0.333. The average Bonchev–Trinajstić information content (AvgIpc) is 2.95. The molecule has 1 amide bonds. The normalized spacial score (nSPS) is 12.2. The van der Waals surface area contributed by atoms with Gasteiger partial charge in [-0.25, -0.2) is 0 Å². The molecular formula is C15H19N3O2. The molecule has 0 spiro atoms. The summed E-state index contributed by atoms with van der Waals surface area (Å²) in [6.45, 7) is 2.44. The van der Waals surface area contributed by atoms with Crippen molar-refractivity contribution in [2.24, 2.45) is 5.73 Å². The monoisotopic (exact) mass is 273 g/mol. The van der Waals surface area contributed by atoms with Gasteiger partial charge in [-0.3, -0.25) is 9.78 Å². The minimum absolute atomic E-state index is 0.133. The van der Waals surface area contributed by atoms with Crippen molar-refractivity contribution in [3.05, 3.63) is 53.7 Å². The van der Waals surface area contributed by atoms with Gasteiger partial charge in [-0.05, 0) is 43.2 Å². The van der Waals surface area contributed by atoms with E-state index in [4.69, 9.17) is 10.2 Å². The Bertz CT molecular complexity index is 564. The number of carbonyl (C=O) groups excluding carboxylic acids is 1. The first kappa shape index (κ1) is 14.3. The third-order valence-corrected chi connectivity index (χ3v) is 3.12. The van der Waals surface area contributed by atoms with Gasteiger partial charge in [0.15, 0.2) is 5.76 Å². The highest BCUT2D eigenvalue weighted by Crippen LogP contribution is 2.15. The molecule has 0 aromatic carbocycles. The third-order valence-electron chi connectivity index (χ3n) is 3.12. The molecule has 0 bridgehead atoms. The quantitative estimate of drug-likeness (QED) is 0.904. The summed E-state index contributed by atoms with van der Waals surface area (Å²) in [6.07, 6.45) is 4.28. The Hall–Kier alpha value is -2.14. The first-order chi connectivity index (χ1) is 9.58. The molecule has 1 unspecified atom stereocenters. The van der Waals surface area contributed by atoms with Crippen molar-refractivity contribution in [2.75, 3.05) is 13.6 Å². The van der Waals surface area contributed by atoms with Gasteiger partial charge in [-0.15, -0.1) is 0 Å². The van der Waals surface area contributed by atoms with Crippen molar-refractivity contribution < 1.29 is 9.21 Å². The largest absolute Gasteiger partial charge is 0.454 e. The second kappa shape index (κ2) is 6.34. The molecule has 2 aromatic rings. The van der Waals surface area contributed by atoms with E-state index in [1.807, 2.05) is 19.1 Å². The van der Waals surface area contributed by atoms with E-state index in [0.29, 0.717) is 18.1 Å². The highest BCUT2D eigenvalue weighted by molar-refractivity contribution is 5.91. The van der Waals surface area contributed by atoms with E-state index in [-0.39, 0.29) is 11.9 Å². The van der Waals surface area contributed by atoms with Gasteiger partial charge < -0.3 is 15.1 Å². The topological polar surface area (TPSA) is 72.4 Å². The zero-order valence-corrected chi connectivity index (χ0v) is 11.7. The van der Waals surface area contributed by atoms with E-state index in [2.05, 4.69) is 4.98 Å². The molecule has 0 aliphatic carbocycles. The Morgan fingerprint density at radius 1 is 1.35 bits per heavy atom. The summed E-state index contributed by atoms with van der Waals surface area (Å²) in [7, 11) is 1.76. The Morgan fingerprint density at radius 2 is 2.05 bits per heavy atom. The molecule has 2 aromatic heterocycles. The number of hydrogen-bond acceptors (Lipinski definition) is 4. The maximum atomic E-state index is 12.2. The number of likely N-dealkylation sites (N-methyl/N-ethyl adjacent to an activating group) is 1. The van der Waals surface area contributed by atoms with Crippen LogP contribution in [-0.4, -0.2) is 29.4 Å². The van der Waals surface area contributed by atoms with Gasteiger partial charge in [0, 0.05) is 26.0 Å². The van der Waals surface area contributed by atoms with E-state index in [0.717, 1.165) is 12.0 Å². The number of furan rings is 1. The molecule has 1 atom stereocenters. The lowest BCUT2D eigenvalue weighted by Crippen LogP contribution is -2.28. The molecule has 106 valence electrons. The van der Waals surface area contributed by atoms with Crippen LogP contribution >= 0.6 is 0 Å². The van der Waals surface area contributed by atoms with Crippen molar-refractivity contribution in [3.63, 3.8) is 0 Å². The first-order valence-electron chi connectivity index (χ1n) is 6.57. The second-order valence-corrected chi connectivity index (χ2v) is 4.82. The summed E-state index contributed by atoms with van der Waals surface area (Å²) in [5.41, 5.74) is 6.86. The van der Waals surface area contributed by atoms with E-state index in [9.17, 15) is 4.79 Å². The van der Waals surface area contributed by atoms with Gasteiger partial charge >= 0.3 is 0 Å². The lowest BCUT2D eigenvalue weighted by atomic mass is 10.2. The standard InChI is InChI=1S/C15H19N3O2/c1-11(16)13-3-4-14(20-13)15(19)18(2)10-7-12-5-8-17-9-6-12/h3-6,8-9,11H,7,10,16H2,1-2H3. The zero-order chi connectivity index (χ0) is 14.5. The summed E-state index contributed by atoms with van der Waals surface area (Å²) >= 11 is 0. The number of carbonyl (C=O) groups is 1. The van der Waals surface area contributed by atoms with Crippen molar-refractivity contribution >= 4 is 5.91 Å². The van der Waals surface area contributed by atoms with Gasteiger partial charge in [0.25, 0.3) is 5.91 Å². The van der Waals surface area contributed by atoms with Crippen molar-refractivity contribution in [1.29, 1.82) is 0 Å². The molecule has 0 saturated carbocycles. The smallest absolute Gasteiger partial charge is 0.289 e. The van der Waals surface area contributed by atoms with Crippen LogP contribution in [0.3, 0.4) is 0 Å². The Morgan fingerprint density at radius 3 is 2.65 bits per heavy atom. The molecule has 5 heteroatoms. The van der Waals surface area contributed by atoms with Crippen LogP contribution in [0.15, 0.2) is 41.1 Å². The molecule has 0 saturated heterocycles. The molecule has 2 N–H and O–H groups in total. The van der Waals surface area contributed by atoms with E-state index < -0.39 is 0 Å². The highest BCUT2D eigenvalue weighted by Gasteiger charge is 2.16. The summed E-state index contributed by atoms with van der Waals surface area (Å²) in [4.78, 5) is 17.8. The first-order valence-corrected chi connectivity index (χ1v) is 6.57. The number of rotatable bonds is 5. The maximum absolute atomic E-state index is 12.2. The number of nitrogens with two attached hydrogens (primary N) is 1. The van der Waals surface area contributed by atoms with E-state index in [1.165, 1.54) is 0 Å². The highest BCUT2D eigenvalue weighted by atomic mass is 16.4. The molecular weight excluding hydrogens is 254 g/mol. The fourth-order valence-corrected chi connectivity index (χ4v) is 1.85. The number of hydrogen-bond donors (Lipinski definition) is 1. The minimum Gasteiger partial charge on any atom is -0.454 e. The maximum Gasteiger partial charge on any atom is 0.289 e. The van der Waals surface area contributed by atoms with Crippen LogP contribution in [0.4, 0.5) is 0 Å². The summed E-state index contributed by atoms with van der Waals surface area (Å²) in [5, 5.41) is 0. The van der Waals surface area contributed by atoms with Crippen molar-refractivity contribution in [3.8, 4) is 0 Å². The summed E-state index contributed by atoms with van der Waals surface area (Å²) in [5.74, 6) is 0.816. The average molecular weight is 273 g/mol. The zero-order valence-electron chi connectivity index (χ0n) is 11.7. The van der Waals surface area contributed by atoms with Gasteiger partial charge in [0.05, 0.1) is 6.04 Å². The van der Waals surface area contributed by atoms with Crippen molar-refractivity contribution in [1.82, 2.24) is 9.88 Å². The second-order valence-electron chi connectivity index (χ2n) is 4.82. The van der Waals surface area contributed by atoms with Crippen LogP contribution in [0.25, 0.3) is 0 Å². The SMILES string of the molecule is CC(N)c1ccc(C(=O)N(C)CCc2ccncc2)o1. The summed E-state index contributed by atoms with van der Waals surface area (Å²) in [6, 6.07) is 7.09. The van der Waals surface area contributed by atoms with Crippen molar-refractivity contribution in [2.45, 2.75) is 19.4 Å². The molecule has 20 heavy (non-hydrogen) atoms. The van der Waals surface area contributed by atoms with Crippen LogP contribution in [0.1, 0.15) is 34.8 Å². The Labute approximate surface area is 118 Å². The molecule has 2 heterocycles. The van der Waals surface area contributed by atoms with Crippen LogP contribution in [0.2, 0.25) is 0 Å². The van der Waals surface area contributed by atoms with E-state index >= 15 is 0 Å². The molecule has 5 nitrogen and oxygen atoms in total. The molecule has 0 aliphatic rings. The molecule has 0 radical (unpaired) electrons. The number of nitrogens with zero attached hydrogens (tertiary/aromatic N) is 2. The predicted molar refractivity (Wildman–Crippen MR) is 76.2 cm³/mol. The van der Waals surface area contributed by atoms with Crippen LogP contribution in [-0.2, 0) is 6.42 Å². The van der Waals surface area contributed by atoms with Crippen LogP contribution < -0.4 is 5.73 Å². The number of pyridine rings is 1. The minimum atomic E-state index is -0.210. The predicted octanol–water partition coefficient (Wildman–Crippen LogP) is 2.01. The Balaban J connectivity index is 1.94. The Kier molecular flexibility index (Phi) is 4.53. The lowest BCUT2D eigenvalue weighted by Gasteiger charge is -2.15. The fourth-order valence-electron chi connectivity index (χ4n) is 1.85. The number of aromatic nitrogens is 1. The van der Waals surface area contributed by atoms with Gasteiger partial charge in [0.2, 0.25) is 0 Å². The third kappa shape index (κ3) is 3.45.